The van der Waals surface area contributed by atoms with Gasteiger partial charge in [0.1, 0.15) is 5.76 Å². The summed E-state index contributed by atoms with van der Waals surface area (Å²) in [6, 6.07) is 3.81. The minimum Gasteiger partial charge on any atom is -0.469 e. The third-order valence-electron chi connectivity index (χ3n) is 1.51. The van der Waals surface area contributed by atoms with Crippen LogP contribution in [0, 0.1) is 5.92 Å². The number of hydrogen-bond donors (Lipinski definition) is 0. The fourth-order valence-electron chi connectivity index (χ4n) is 0.864. The molecular formula is C8H10Cl2O. The molecule has 1 rings (SSSR count). The summed E-state index contributed by atoms with van der Waals surface area (Å²) in [6.07, 6.45) is 2.49. The zero-order valence-electron chi connectivity index (χ0n) is 6.09. The summed E-state index contributed by atoms with van der Waals surface area (Å²) >= 11 is 11.3. The van der Waals surface area contributed by atoms with E-state index in [9.17, 15) is 0 Å². The molecule has 0 spiro atoms. The van der Waals surface area contributed by atoms with Crippen LogP contribution in [0.5, 0.6) is 0 Å². The van der Waals surface area contributed by atoms with Gasteiger partial charge in [-0.15, -0.1) is 23.2 Å². The van der Waals surface area contributed by atoms with Crippen molar-refractivity contribution in [3.8, 4) is 0 Å². The molecule has 3 heteroatoms. The SMILES string of the molecule is ClCC(CCl)Cc1ccco1. The maximum absolute atomic E-state index is 5.66. The molecule has 0 fully saturated rings. The molecule has 0 atom stereocenters. The maximum Gasteiger partial charge on any atom is 0.104 e. The van der Waals surface area contributed by atoms with Gasteiger partial charge in [-0.1, -0.05) is 0 Å². The van der Waals surface area contributed by atoms with Crippen LogP contribution >= 0.6 is 23.2 Å². The summed E-state index contributed by atoms with van der Waals surface area (Å²) in [6.45, 7) is 0. The van der Waals surface area contributed by atoms with Crippen molar-refractivity contribution in [3.63, 3.8) is 0 Å². The van der Waals surface area contributed by atoms with E-state index in [1.54, 1.807) is 6.26 Å². The Balaban J connectivity index is 2.41. The molecule has 1 aromatic heterocycles. The van der Waals surface area contributed by atoms with E-state index in [4.69, 9.17) is 27.6 Å². The molecule has 11 heavy (non-hydrogen) atoms. The van der Waals surface area contributed by atoms with Gasteiger partial charge >= 0.3 is 0 Å². The zero-order valence-corrected chi connectivity index (χ0v) is 7.61. The second kappa shape index (κ2) is 4.68. The summed E-state index contributed by atoms with van der Waals surface area (Å²) in [4.78, 5) is 0. The van der Waals surface area contributed by atoms with Gasteiger partial charge in [-0.25, -0.2) is 0 Å². The lowest BCUT2D eigenvalue weighted by Crippen LogP contribution is -2.07. The van der Waals surface area contributed by atoms with Crippen LogP contribution in [0.2, 0.25) is 0 Å². The third-order valence-corrected chi connectivity index (χ3v) is 2.38. The van der Waals surface area contributed by atoms with Gasteiger partial charge in [0.05, 0.1) is 6.26 Å². The van der Waals surface area contributed by atoms with Crippen LogP contribution in [-0.4, -0.2) is 11.8 Å². The van der Waals surface area contributed by atoms with Crippen LogP contribution < -0.4 is 0 Å². The first kappa shape index (κ1) is 8.95. The minimum atomic E-state index is 0.324. The van der Waals surface area contributed by atoms with Gasteiger partial charge in [-0.3, -0.25) is 0 Å². The van der Waals surface area contributed by atoms with E-state index in [0.29, 0.717) is 17.7 Å². The van der Waals surface area contributed by atoms with Crippen LogP contribution in [0.25, 0.3) is 0 Å². The van der Waals surface area contributed by atoms with Crippen molar-refractivity contribution in [2.45, 2.75) is 6.42 Å². The molecule has 1 aromatic rings. The molecule has 0 bridgehead atoms. The first-order valence-electron chi connectivity index (χ1n) is 3.51. The summed E-state index contributed by atoms with van der Waals surface area (Å²) in [7, 11) is 0. The first-order valence-corrected chi connectivity index (χ1v) is 4.58. The van der Waals surface area contributed by atoms with Crippen molar-refractivity contribution in [2.75, 3.05) is 11.8 Å². The summed E-state index contributed by atoms with van der Waals surface area (Å²) in [5.41, 5.74) is 0. The highest BCUT2D eigenvalue weighted by Crippen LogP contribution is 2.12. The average molecular weight is 193 g/mol. The number of hydrogen-bond acceptors (Lipinski definition) is 1. The Morgan fingerprint density at radius 3 is 2.55 bits per heavy atom. The molecular weight excluding hydrogens is 183 g/mol. The van der Waals surface area contributed by atoms with Crippen LogP contribution in [0.1, 0.15) is 5.76 Å². The zero-order chi connectivity index (χ0) is 8.10. The summed E-state index contributed by atoms with van der Waals surface area (Å²) in [5.74, 6) is 2.45. The molecule has 62 valence electrons. The van der Waals surface area contributed by atoms with E-state index in [0.717, 1.165) is 12.2 Å². The standard InChI is InChI=1S/C8H10Cl2O/c9-5-7(6-10)4-8-2-1-3-11-8/h1-3,7H,4-6H2. The lowest BCUT2D eigenvalue weighted by molar-refractivity contribution is 0.476. The molecule has 0 aliphatic heterocycles. The van der Waals surface area contributed by atoms with Crippen molar-refractivity contribution < 1.29 is 4.42 Å². The second-order valence-electron chi connectivity index (χ2n) is 2.46. The van der Waals surface area contributed by atoms with Crippen molar-refractivity contribution in [2.24, 2.45) is 5.92 Å². The largest absolute Gasteiger partial charge is 0.469 e. The quantitative estimate of drug-likeness (QED) is 0.670. The van der Waals surface area contributed by atoms with Gasteiger partial charge in [0.25, 0.3) is 0 Å². The van der Waals surface area contributed by atoms with Gasteiger partial charge < -0.3 is 4.42 Å². The Labute approximate surface area is 76.3 Å². The molecule has 0 saturated carbocycles. The number of alkyl halides is 2. The van der Waals surface area contributed by atoms with Gasteiger partial charge in [0.2, 0.25) is 0 Å². The molecule has 0 aliphatic carbocycles. The molecule has 0 radical (unpaired) electrons. The second-order valence-corrected chi connectivity index (χ2v) is 3.08. The van der Waals surface area contributed by atoms with Gasteiger partial charge in [-0.05, 0) is 18.1 Å². The number of halogens is 2. The van der Waals surface area contributed by atoms with E-state index in [1.165, 1.54) is 0 Å². The predicted molar refractivity (Wildman–Crippen MR) is 47.3 cm³/mol. The van der Waals surface area contributed by atoms with Gasteiger partial charge in [-0.2, -0.15) is 0 Å². The van der Waals surface area contributed by atoms with E-state index >= 15 is 0 Å². The molecule has 0 saturated heterocycles. The Hall–Kier alpha value is -0.140. The normalized spacial score (nSPS) is 10.8. The highest BCUT2D eigenvalue weighted by molar-refractivity contribution is 6.20. The molecule has 0 aliphatic rings. The van der Waals surface area contributed by atoms with Crippen molar-refractivity contribution in [3.05, 3.63) is 24.2 Å². The highest BCUT2D eigenvalue weighted by Gasteiger charge is 2.07. The van der Waals surface area contributed by atoms with Crippen LogP contribution in [0.15, 0.2) is 22.8 Å². The monoisotopic (exact) mass is 192 g/mol. The smallest absolute Gasteiger partial charge is 0.104 e. The van der Waals surface area contributed by atoms with Gasteiger partial charge in [0.15, 0.2) is 0 Å². The van der Waals surface area contributed by atoms with Crippen LogP contribution in [-0.2, 0) is 6.42 Å². The Morgan fingerprint density at radius 1 is 1.36 bits per heavy atom. The maximum atomic E-state index is 5.66. The molecule has 1 nitrogen and oxygen atoms in total. The Bertz CT molecular complexity index is 180. The minimum absolute atomic E-state index is 0.324. The lowest BCUT2D eigenvalue weighted by atomic mass is 10.1. The first-order chi connectivity index (χ1) is 5.36. The van der Waals surface area contributed by atoms with Crippen molar-refractivity contribution in [1.82, 2.24) is 0 Å². The molecule has 0 N–H and O–H groups in total. The van der Waals surface area contributed by atoms with Crippen LogP contribution in [0.4, 0.5) is 0 Å². The fraction of sp³-hybridized carbons (Fsp3) is 0.500. The van der Waals surface area contributed by atoms with Crippen molar-refractivity contribution in [1.29, 1.82) is 0 Å². The summed E-state index contributed by atoms with van der Waals surface area (Å²) < 4.78 is 5.15. The van der Waals surface area contributed by atoms with E-state index < -0.39 is 0 Å². The third kappa shape index (κ3) is 2.76. The topological polar surface area (TPSA) is 13.1 Å². The fourth-order valence-corrected chi connectivity index (χ4v) is 1.41. The molecule has 0 amide bonds. The lowest BCUT2D eigenvalue weighted by Gasteiger charge is -2.06. The summed E-state index contributed by atoms with van der Waals surface area (Å²) in [5, 5.41) is 0. The molecule has 0 aromatic carbocycles. The van der Waals surface area contributed by atoms with Gasteiger partial charge in [0, 0.05) is 18.2 Å². The molecule has 1 heterocycles. The molecule has 0 unspecified atom stereocenters. The van der Waals surface area contributed by atoms with Crippen LogP contribution in [0.3, 0.4) is 0 Å². The average Bonchev–Trinajstić information content (AvgIpc) is 2.52. The predicted octanol–water partition coefficient (Wildman–Crippen LogP) is 2.92. The number of furan rings is 1. The van der Waals surface area contributed by atoms with E-state index in [1.807, 2.05) is 12.1 Å². The van der Waals surface area contributed by atoms with E-state index in [-0.39, 0.29) is 0 Å². The highest BCUT2D eigenvalue weighted by atomic mass is 35.5. The van der Waals surface area contributed by atoms with E-state index in [2.05, 4.69) is 0 Å². The Morgan fingerprint density at radius 2 is 2.09 bits per heavy atom. The Kier molecular flexibility index (Phi) is 3.81. The van der Waals surface area contributed by atoms with Crippen molar-refractivity contribution >= 4 is 23.2 Å². The number of rotatable bonds is 4.